The maximum Gasteiger partial charge on any atom is 0.257 e. The Bertz CT molecular complexity index is 1010. The van der Waals surface area contributed by atoms with Gasteiger partial charge in [-0.1, -0.05) is 12.1 Å². The Kier molecular flexibility index (Phi) is 4.19. The van der Waals surface area contributed by atoms with Crippen molar-refractivity contribution in [3.05, 3.63) is 71.4 Å². The molecule has 5 nitrogen and oxygen atoms in total. The van der Waals surface area contributed by atoms with Crippen LogP contribution in [0.1, 0.15) is 40.9 Å². The Hall–Kier alpha value is -3.02. The molecule has 1 fully saturated rings. The Balaban J connectivity index is 1.42. The van der Waals surface area contributed by atoms with E-state index in [4.69, 9.17) is 0 Å². The minimum absolute atomic E-state index is 0.0972. The maximum absolute atomic E-state index is 14.9. The first-order valence-electron chi connectivity index (χ1n) is 9.75. The van der Waals surface area contributed by atoms with E-state index in [1.807, 2.05) is 29.3 Å². The lowest BCUT2D eigenvalue weighted by Gasteiger charge is -2.34. The van der Waals surface area contributed by atoms with Crippen molar-refractivity contribution in [2.75, 3.05) is 0 Å². The number of carbonyl (C=O) groups is 1. The average molecular weight is 376 g/mol. The lowest BCUT2D eigenvalue weighted by molar-refractivity contribution is 0.0638. The molecule has 0 aliphatic heterocycles. The first kappa shape index (κ1) is 17.1. The van der Waals surface area contributed by atoms with Crippen molar-refractivity contribution in [1.29, 1.82) is 0 Å². The summed E-state index contributed by atoms with van der Waals surface area (Å²) in [6.45, 7) is 0. The molecule has 3 aromatic rings. The van der Waals surface area contributed by atoms with Crippen molar-refractivity contribution in [3.63, 3.8) is 0 Å². The molecule has 2 aromatic heterocycles. The highest BCUT2D eigenvalue weighted by molar-refractivity contribution is 5.95. The number of nitrogens with one attached hydrogen (secondary N) is 1. The van der Waals surface area contributed by atoms with Crippen molar-refractivity contribution in [2.45, 2.75) is 44.2 Å². The number of halogens is 1. The van der Waals surface area contributed by atoms with E-state index in [0.717, 1.165) is 37.8 Å². The Labute approximate surface area is 162 Å². The molecule has 1 aromatic carbocycles. The fourth-order valence-electron chi connectivity index (χ4n) is 4.14. The topological polar surface area (TPSA) is 61.9 Å². The molecule has 0 saturated heterocycles. The first-order chi connectivity index (χ1) is 13.7. The number of carbonyl (C=O) groups excluding carboxylic acids is 1. The van der Waals surface area contributed by atoms with E-state index in [1.54, 1.807) is 18.3 Å². The first-order valence-corrected chi connectivity index (χ1v) is 9.75. The zero-order valence-corrected chi connectivity index (χ0v) is 15.4. The van der Waals surface area contributed by atoms with Crippen LogP contribution < -0.4 is 0 Å². The number of aromatic nitrogens is 3. The van der Waals surface area contributed by atoms with Gasteiger partial charge in [-0.2, -0.15) is 5.10 Å². The molecule has 1 unspecified atom stereocenters. The van der Waals surface area contributed by atoms with Gasteiger partial charge in [0.1, 0.15) is 5.82 Å². The predicted octanol–water partition coefficient (Wildman–Crippen LogP) is 3.77. The van der Waals surface area contributed by atoms with Crippen LogP contribution in [0, 0.1) is 5.82 Å². The number of H-pyrrole nitrogens is 1. The summed E-state index contributed by atoms with van der Waals surface area (Å²) in [6.07, 6.45) is 8.04. The molecule has 0 radical (unpaired) electrons. The number of aryl methyl sites for hydroxylation is 1. The zero-order valence-electron chi connectivity index (χ0n) is 15.4. The third-order valence-electron chi connectivity index (χ3n) is 5.72. The number of fused-ring (bicyclic) bond motifs is 1. The standard InChI is InChI=1S/C22H21FN4O/c23-19-12-14(20-3-1-2-10-24-20)4-8-18(19)22(28)27(16-5-6-16)17-7-9-21-15(11-17)13-25-26-21/h1-4,8,10,12-13,16-17H,5-7,9,11H2,(H,25,26). The summed E-state index contributed by atoms with van der Waals surface area (Å²) in [5.74, 6) is -0.692. The molecule has 1 amide bonds. The van der Waals surface area contributed by atoms with Crippen LogP contribution in [0.5, 0.6) is 0 Å². The molecule has 1 N–H and O–H groups in total. The van der Waals surface area contributed by atoms with Gasteiger partial charge in [0.05, 0.1) is 17.5 Å². The van der Waals surface area contributed by atoms with Gasteiger partial charge in [0.15, 0.2) is 0 Å². The molecule has 142 valence electrons. The molecule has 28 heavy (non-hydrogen) atoms. The van der Waals surface area contributed by atoms with Gasteiger partial charge in [-0.15, -0.1) is 0 Å². The van der Waals surface area contributed by atoms with Crippen LogP contribution in [0.2, 0.25) is 0 Å². The lowest BCUT2D eigenvalue weighted by atomic mass is 9.91. The molecule has 1 atom stereocenters. The molecule has 2 heterocycles. The molecule has 2 aliphatic carbocycles. The highest BCUT2D eigenvalue weighted by atomic mass is 19.1. The van der Waals surface area contributed by atoms with Gasteiger partial charge in [0, 0.05) is 29.5 Å². The van der Waals surface area contributed by atoms with Gasteiger partial charge in [-0.25, -0.2) is 4.39 Å². The van der Waals surface area contributed by atoms with E-state index in [-0.39, 0.29) is 23.6 Å². The number of hydrogen-bond acceptors (Lipinski definition) is 3. The molecule has 6 heteroatoms. The fourth-order valence-corrected chi connectivity index (χ4v) is 4.14. The summed E-state index contributed by atoms with van der Waals surface area (Å²) in [5, 5.41) is 7.15. The number of hydrogen-bond donors (Lipinski definition) is 1. The second-order valence-corrected chi connectivity index (χ2v) is 7.62. The summed E-state index contributed by atoms with van der Waals surface area (Å²) in [6, 6.07) is 10.6. The lowest BCUT2D eigenvalue weighted by Crippen LogP contribution is -2.45. The number of amides is 1. The second-order valence-electron chi connectivity index (χ2n) is 7.62. The normalized spacial score (nSPS) is 18.5. The van der Waals surface area contributed by atoms with E-state index in [9.17, 15) is 9.18 Å². The van der Waals surface area contributed by atoms with Crippen molar-refractivity contribution >= 4 is 5.91 Å². The van der Waals surface area contributed by atoms with E-state index in [1.165, 1.54) is 11.6 Å². The molecular weight excluding hydrogens is 355 g/mol. The number of aromatic amines is 1. The van der Waals surface area contributed by atoms with E-state index in [2.05, 4.69) is 15.2 Å². The van der Waals surface area contributed by atoms with Crippen molar-refractivity contribution in [1.82, 2.24) is 20.1 Å². The van der Waals surface area contributed by atoms with Crippen LogP contribution in [0.15, 0.2) is 48.8 Å². The summed E-state index contributed by atoms with van der Waals surface area (Å²) in [7, 11) is 0. The SMILES string of the molecule is O=C(c1ccc(-c2ccccn2)cc1F)N(C1CC1)C1CCc2[nH]ncc2C1. The summed E-state index contributed by atoms with van der Waals surface area (Å²) < 4.78 is 14.9. The third-order valence-corrected chi connectivity index (χ3v) is 5.72. The average Bonchev–Trinajstić information content (AvgIpc) is 3.44. The molecule has 5 rings (SSSR count). The predicted molar refractivity (Wildman–Crippen MR) is 103 cm³/mol. The minimum atomic E-state index is -0.487. The smallest absolute Gasteiger partial charge is 0.257 e. The number of rotatable bonds is 4. The maximum atomic E-state index is 14.9. The molecule has 1 saturated carbocycles. The summed E-state index contributed by atoms with van der Waals surface area (Å²) in [4.78, 5) is 19.5. The van der Waals surface area contributed by atoms with Gasteiger partial charge in [-0.3, -0.25) is 14.9 Å². The van der Waals surface area contributed by atoms with E-state index < -0.39 is 5.82 Å². The Morgan fingerprint density at radius 3 is 2.79 bits per heavy atom. The number of nitrogens with zero attached hydrogens (tertiary/aromatic N) is 3. The molecule has 0 bridgehead atoms. The van der Waals surface area contributed by atoms with Crippen LogP contribution in [0.4, 0.5) is 4.39 Å². The molecule has 2 aliphatic rings. The van der Waals surface area contributed by atoms with Crippen LogP contribution >= 0.6 is 0 Å². The van der Waals surface area contributed by atoms with Gasteiger partial charge in [0.25, 0.3) is 5.91 Å². The van der Waals surface area contributed by atoms with Gasteiger partial charge < -0.3 is 4.90 Å². The monoisotopic (exact) mass is 376 g/mol. The Morgan fingerprint density at radius 2 is 2.04 bits per heavy atom. The van der Waals surface area contributed by atoms with Crippen molar-refractivity contribution in [3.8, 4) is 11.3 Å². The van der Waals surface area contributed by atoms with Gasteiger partial charge >= 0.3 is 0 Å². The van der Waals surface area contributed by atoms with Crippen LogP contribution in [-0.4, -0.2) is 38.1 Å². The number of pyridine rings is 1. The Morgan fingerprint density at radius 1 is 1.14 bits per heavy atom. The largest absolute Gasteiger partial charge is 0.332 e. The third kappa shape index (κ3) is 3.09. The van der Waals surface area contributed by atoms with Crippen molar-refractivity contribution in [2.24, 2.45) is 0 Å². The molecular formula is C22H21FN4O. The quantitative estimate of drug-likeness (QED) is 0.754. The van der Waals surface area contributed by atoms with Gasteiger partial charge in [0.2, 0.25) is 0 Å². The fraction of sp³-hybridized carbons (Fsp3) is 0.318. The van der Waals surface area contributed by atoms with E-state index in [0.29, 0.717) is 11.3 Å². The summed E-state index contributed by atoms with van der Waals surface area (Å²) in [5.41, 5.74) is 3.84. The van der Waals surface area contributed by atoms with Crippen LogP contribution in [0.3, 0.4) is 0 Å². The van der Waals surface area contributed by atoms with E-state index >= 15 is 0 Å². The number of benzene rings is 1. The van der Waals surface area contributed by atoms with Crippen LogP contribution in [-0.2, 0) is 12.8 Å². The zero-order chi connectivity index (χ0) is 19.1. The molecule has 0 spiro atoms. The second kappa shape index (κ2) is 6.86. The summed E-state index contributed by atoms with van der Waals surface area (Å²) >= 11 is 0. The highest BCUT2D eigenvalue weighted by Crippen LogP contribution is 2.35. The minimum Gasteiger partial charge on any atom is -0.332 e. The highest BCUT2D eigenvalue weighted by Gasteiger charge is 2.39. The van der Waals surface area contributed by atoms with Crippen molar-refractivity contribution < 1.29 is 9.18 Å². The van der Waals surface area contributed by atoms with Crippen LogP contribution in [0.25, 0.3) is 11.3 Å². The van der Waals surface area contributed by atoms with Gasteiger partial charge in [-0.05, 0) is 61.9 Å².